The predicted molar refractivity (Wildman–Crippen MR) is 120 cm³/mol. The molecule has 1 aliphatic rings. The Balaban J connectivity index is 1.51. The summed E-state index contributed by atoms with van der Waals surface area (Å²) in [6.45, 7) is 4.76. The van der Waals surface area contributed by atoms with Crippen LogP contribution in [0, 0.1) is 15.3 Å². The standard InChI is InChI=1S/C23H25N3O7/c1-30-22-15-19-20(16-23(22)32-12-2-8-24-10-13-31-14-11-24)25(27)9-7-21(19)33-18-5-3-17(4-6-18)26(28)29/h3-7,9,15-16H,2,8,10-14H2,1H3. The molecule has 2 aromatic carbocycles. The lowest BCUT2D eigenvalue weighted by molar-refractivity contribution is -0.577. The quantitative estimate of drug-likeness (QED) is 0.159. The van der Waals surface area contributed by atoms with Crippen molar-refractivity contribution in [1.82, 2.24) is 4.90 Å². The number of pyridine rings is 1. The van der Waals surface area contributed by atoms with Crippen LogP contribution in [0.1, 0.15) is 6.42 Å². The van der Waals surface area contributed by atoms with Crippen molar-refractivity contribution in [2.75, 3.05) is 46.6 Å². The van der Waals surface area contributed by atoms with Gasteiger partial charge in [-0.25, -0.2) is 0 Å². The van der Waals surface area contributed by atoms with E-state index < -0.39 is 4.92 Å². The molecule has 0 unspecified atom stereocenters. The number of aromatic nitrogens is 1. The van der Waals surface area contributed by atoms with Gasteiger partial charge in [-0.05, 0) is 18.6 Å². The van der Waals surface area contributed by atoms with Gasteiger partial charge in [0.05, 0.1) is 43.3 Å². The minimum atomic E-state index is -0.477. The van der Waals surface area contributed by atoms with Crippen molar-refractivity contribution in [2.45, 2.75) is 6.42 Å². The maximum Gasteiger partial charge on any atom is 0.269 e. The molecule has 3 aromatic rings. The minimum Gasteiger partial charge on any atom is -0.618 e. The molecule has 1 aliphatic heterocycles. The maximum atomic E-state index is 12.5. The van der Waals surface area contributed by atoms with Gasteiger partial charge in [-0.3, -0.25) is 15.0 Å². The molecule has 33 heavy (non-hydrogen) atoms. The van der Waals surface area contributed by atoms with E-state index >= 15 is 0 Å². The first kappa shape index (κ1) is 22.6. The molecule has 1 fully saturated rings. The Hall–Kier alpha value is -3.63. The zero-order chi connectivity index (χ0) is 23.2. The van der Waals surface area contributed by atoms with Crippen LogP contribution in [0.3, 0.4) is 0 Å². The van der Waals surface area contributed by atoms with Crippen molar-refractivity contribution in [3.8, 4) is 23.0 Å². The first-order valence-electron chi connectivity index (χ1n) is 10.6. The molecule has 0 spiro atoms. The van der Waals surface area contributed by atoms with Gasteiger partial charge in [0.25, 0.3) is 5.69 Å². The van der Waals surface area contributed by atoms with Gasteiger partial charge >= 0.3 is 0 Å². The maximum absolute atomic E-state index is 12.5. The topological polar surface area (TPSA) is 110 Å². The first-order valence-corrected chi connectivity index (χ1v) is 10.6. The smallest absolute Gasteiger partial charge is 0.269 e. The zero-order valence-corrected chi connectivity index (χ0v) is 18.3. The molecule has 0 bridgehead atoms. The second-order valence-electron chi connectivity index (χ2n) is 7.54. The number of fused-ring (bicyclic) bond motifs is 1. The normalized spacial score (nSPS) is 14.2. The molecule has 1 aromatic heterocycles. The Morgan fingerprint density at radius 3 is 2.55 bits per heavy atom. The van der Waals surface area contributed by atoms with Crippen molar-refractivity contribution in [1.29, 1.82) is 0 Å². The molecule has 0 N–H and O–H groups in total. The molecule has 0 saturated carbocycles. The monoisotopic (exact) mass is 455 g/mol. The highest BCUT2D eigenvalue weighted by atomic mass is 16.6. The van der Waals surface area contributed by atoms with Crippen LogP contribution >= 0.6 is 0 Å². The fraction of sp³-hybridized carbons (Fsp3) is 0.348. The molecule has 0 aliphatic carbocycles. The highest BCUT2D eigenvalue weighted by molar-refractivity contribution is 5.86. The van der Waals surface area contributed by atoms with Crippen LogP contribution in [0.2, 0.25) is 0 Å². The summed E-state index contributed by atoms with van der Waals surface area (Å²) >= 11 is 0. The molecule has 1 saturated heterocycles. The van der Waals surface area contributed by atoms with Crippen LogP contribution in [0.15, 0.2) is 48.7 Å². The van der Waals surface area contributed by atoms with Gasteiger partial charge in [0.2, 0.25) is 5.52 Å². The second kappa shape index (κ2) is 10.3. The molecular weight excluding hydrogens is 430 g/mol. The lowest BCUT2D eigenvalue weighted by Crippen LogP contribution is -2.37. The summed E-state index contributed by atoms with van der Waals surface area (Å²) in [4.78, 5) is 12.7. The lowest BCUT2D eigenvalue weighted by atomic mass is 10.1. The number of hydrogen-bond acceptors (Lipinski definition) is 8. The van der Waals surface area contributed by atoms with Crippen molar-refractivity contribution in [3.63, 3.8) is 0 Å². The number of nitro groups is 1. The van der Waals surface area contributed by atoms with Crippen LogP contribution < -0.4 is 18.9 Å². The highest BCUT2D eigenvalue weighted by Gasteiger charge is 2.18. The number of nitro benzene ring substituents is 1. The van der Waals surface area contributed by atoms with Gasteiger partial charge in [0, 0.05) is 43.9 Å². The van der Waals surface area contributed by atoms with E-state index in [-0.39, 0.29) is 5.69 Å². The van der Waals surface area contributed by atoms with Crippen molar-refractivity contribution in [3.05, 3.63) is 64.0 Å². The summed E-state index contributed by atoms with van der Waals surface area (Å²) in [5.74, 6) is 1.79. The van der Waals surface area contributed by atoms with Crippen molar-refractivity contribution < 1.29 is 28.6 Å². The number of nitrogens with zero attached hydrogens (tertiary/aromatic N) is 3. The van der Waals surface area contributed by atoms with Crippen LogP contribution in [0.5, 0.6) is 23.0 Å². The van der Waals surface area contributed by atoms with E-state index in [1.807, 2.05) is 0 Å². The summed E-state index contributed by atoms with van der Waals surface area (Å²) in [7, 11) is 1.53. The zero-order valence-electron chi connectivity index (χ0n) is 18.3. The molecule has 0 radical (unpaired) electrons. The van der Waals surface area contributed by atoms with E-state index in [1.165, 1.54) is 37.6 Å². The predicted octanol–water partition coefficient (Wildman–Crippen LogP) is 3.28. The van der Waals surface area contributed by atoms with Gasteiger partial charge in [-0.2, -0.15) is 4.73 Å². The Bertz CT molecular complexity index is 1120. The van der Waals surface area contributed by atoms with Gasteiger partial charge in [-0.1, -0.05) is 0 Å². The molecule has 10 nitrogen and oxygen atoms in total. The number of non-ortho nitro benzene ring substituents is 1. The SMILES string of the molecule is COc1cc2c(Oc3ccc([N+](=O)[O-])cc3)cc[n+]([O-])c2cc1OCCCN1CCOCC1. The third kappa shape index (κ3) is 5.41. The summed E-state index contributed by atoms with van der Waals surface area (Å²) in [6.07, 6.45) is 2.18. The minimum absolute atomic E-state index is 0.0326. The van der Waals surface area contributed by atoms with Crippen LogP contribution in [0.4, 0.5) is 5.69 Å². The third-order valence-corrected chi connectivity index (χ3v) is 5.40. The molecule has 2 heterocycles. The number of benzene rings is 2. The van der Waals surface area contributed by atoms with Crippen molar-refractivity contribution >= 4 is 16.6 Å². The number of hydrogen-bond donors (Lipinski definition) is 0. The summed E-state index contributed by atoms with van der Waals surface area (Å²) in [5, 5.41) is 23.8. The Kier molecular flexibility index (Phi) is 7.06. The Labute approximate surface area is 190 Å². The molecule has 10 heteroatoms. The fourth-order valence-electron chi connectivity index (χ4n) is 3.65. The van der Waals surface area contributed by atoms with Crippen LogP contribution in [-0.4, -0.2) is 56.4 Å². The van der Waals surface area contributed by atoms with Gasteiger partial charge in [0.15, 0.2) is 17.7 Å². The summed E-state index contributed by atoms with van der Waals surface area (Å²) in [5.41, 5.74) is 0.327. The van der Waals surface area contributed by atoms with E-state index in [1.54, 1.807) is 18.2 Å². The number of methoxy groups -OCH3 is 1. The van der Waals surface area contributed by atoms with Crippen LogP contribution in [0.25, 0.3) is 10.9 Å². The average molecular weight is 455 g/mol. The number of morpholine rings is 1. The molecular formula is C23H25N3O7. The first-order chi connectivity index (χ1) is 16.0. The summed E-state index contributed by atoms with van der Waals surface area (Å²) in [6, 6.07) is 10.6. The molecule has 174 valence electrons. The van der Waals surface area contributed by atoms with Gasteiger partial charge in [0.1, 0.15) is 11.5 Å². The average Bonchev–Trinajstić information content (AvgIpc) is 2.84. The van der Waals surface area contributed by atoms with E-state index in [0.717, 1.165) is 44.0 Å². The fourth-order valence-corrected chi connectivity index (χ4v) is 3.65. The summed E-state index contributed by atoms with van der Waals surface area (Å²) < 4.78 is 23.4. The van der Waals surface area contributed by atoms with Crippen LogP contribution in [-0.2, 0) is 4.74 Å². The highest BCUT2D eigenvalue weighted by Crippen LogP contribution is 2.36. The Morgan fingerprint density at radius 1 is 1.09 bits per heavy atom. The number of rotatable bonds is 9. The Morgan fingerprint density at radius 2 is 1.85 bits per heavy atom. The molecule has 0 atom stereocenters. The lowest BCUT2D eigenvalue weighted by Gasteiger charge is -2.26. The van der Waals surface area contributed by atoms with Crippen molar-refractivity contribution in [2.24, 2.45) is 0 Å². The van der Waals surface area contributed by atoms with E-state index in [2.05, 4.69) is 4.90 Å². The number of ether oxygens (including phenoxy) is 4. The molecule has 4 rings (SSSR count). The van der Waals surface area contributed by atoms with E-state index in [9.17, 15) is 15.3 Å². The van der Waals surface area contributed by atoms with E-state index in [4.69, 9.17) is 18.9 Å². The van der Waals surface area contributed by atoms with Gasteiger partial charge < -0.3 is 24.2 Å². The largest absolute Gasteiger partial charge is 0.618 e. The second-order valence-corrected chi connectivity index (χ2v) is 7.54. The van der Waals surface area contributed by atoms with Gasteiger partial charge in [-0.15, -0.1) is 0 Å². The third-order valence-electron chi connectivity index (χ3n) is 5.40. The van der Waals surface area contributed by atoms with E-state index in [0.29, 0.717) is 40.5 Å². The molecule has 0 amide bonds.